The average Bonchev–Trinajstić information content (AvgIpc) is 3.04. The third kappa shape index (κ3) is 4.16. The number of alkyl halides is 2. The van der Waals surface area contributed by atoms with E-state index < -0.39 is 30.2 Å². The zero-order valence-corrected chi connectivity index (χ0v) is 15.6. The molecule has 0 saturated carbocycles. The Morgan fingerprint density at radius 2 is 2.11 bits per heavy atom. The number of aromatic nitrogens is 4. The Morgan fingerprint density at radius 3 is 2.82 bits per heavy atom. The minimum Gasteiger partial charge on any atom is -0.354 e. The van der Waals surface area contributed by atoms with E-state index in [2.05, 4.69) is 30.6 Å². The molecule has 3 aromatic rings. The molecule has 1 amide bonds. The molecule has 0 aliphatic rings. The van der Waals surface area contributed by atoms with Crippen molar-refractivity contribution in [1.29, 1.82) is 0 Å². The zero-order chi connectivity index (χ0) is 20.5. The molecule has 0 saturated heterocycles. The van der Waals surface area contributed by atoms with Gasteiger partial charge in [0.1, 0.15) is 11.2 Å². The normalized spacial score (nSPS) is 11.8. The van der Waals surface area contributed by atoms with Crippen molar-refractivity contribution >= 4 is 34.4 Å². The van der Waals surface area contributed by atoms with Crippen molar-refractivity contribution in [3.63, 3.8) is 0 Å². The van der Waals surface area contributed by atoms with Gasteiger partial charge in [-0.1, -0.05) is 11.6 Å². The minimum absolute atomic E-state index is 0. The van der Waals surface area contributed by atoms with E-state index in [9.17, 15) is 18.0 Å². The molecular formula is C17H22ClF3N6O. The number of carbonyl (C=O) groups is 1. The summed E-state index contributed by atoms with van der Waals surface area (Å²) in [5, 5.41) is 5.77. The number of anilines is 1. The maximum Gasteiger partial charge on any atom is 0.255 e. The molecule has 3 N–H and O–H groups in total. The number of rotatable bonds is 6. The van der Waals surface area contributed by atoms with Crippen molar-refractivity contribution in [2.24, 2.45) is 0 Å². The summed E-state index contributed by atoms with van der Waals surface area (Å²) >= 11 is 5.98. The van der Waals surface area contributed by atoms with Gasteiger partial charge in [0.2, 0.25) is 5.91 Å². The molecule has 0 bridgehead atoms. The SMILES string of the molecule is CC(C)(Nc1nc(-c2c[nH]c3ncc(Cl)cc23)ncc1F)C(=O)NCC(F)F.[HH].[HH].[HH]. The van der Waals surface area contributed by atoms with Crippen LogP contribution in [0.15, 0.2) is 24.7 Å². The Morgan fingerprint density at radius 1 is 1.36 bits per heavy atom. The highest BCUT2D eigenvalue weighted by atomic mass is 35.5. The van der Waals surface area contributed by atoms with Crippen molar-refractivity contribution in [1.82, 2.24) is 25.3 Å². The zero-order valence-electron chi connectivity index (χ0n) is 14.9. The van der Waals surface area contributed by atoms with Crippen LogP contribution in [0.3, 0.4) is 0 Å². The molecule has 11 heteroatoms. The van der Waals surface area contributed by atoms with E-state index in [0.717, 1.165) is 6.20 Å². The maximum absolute atomic E-state index is 14.2. The van der Waals surface area contributed by atoms with Crippen molar-refractivity contribution in [2.45, 2.75) is 25.8 Å². The highest BCUT2D eigenvalue weighted by molar-refractivity contribution is 6.31. The summed E-state index contributed by atoms with van der Waals surface area (Å²) in [5.74, 6) is -1.60. The van der Waals surface area contributed by atoms with Gasteiger partial charge in [-0.05, 0) is 19.9 Å². The summed E-state index contributed by atoms with van der Waals surface area (Å²) in [5.41, 5.74) is -0.312. The van der Waals surface area contributed by atoms with Crippen molar-refractivity contribution in [3.05, 3.63) is 35.5 Å². The molecule has 0 aromatic carbocycles. The van der Waals surface area contributed by atoms with Gasteiger partial charge in [0, 0.05) is 27.6 Å². The molecule has 0 aliphatic carbocycles. The first-order valence-electron chi connectivity index (χ1n) is 8.17. The summed E-state index contributed by atoms with van der Waals surface area (Å²) < 4.78 is 38.8. The fourth-order valence-electron chi connectivity index (χ4n) is 2.49. The molecule has 0 spiro atoms. The third-order valence-electron chi connectivity index (χ3n) is 3.90. The minimum atomic E-state index is -2.69. The number of carbonyl (C=O) groups excluding carboxylic acids is 1. The van der Waals surface area contributed by atoms with E-state index in [0.29, 0.717) is 21.6 Å². The van der Waals surface area contributed by atoms with E-state index in [4.69, 9.17) is 11.6 Å². The Kier molecular flexibility index (Phi) is 5.41. The fraction of sp³-hybridized carbons (Fsp3) is 0.294. The fourth-order valence-corrected chi connectivity index (χ4v) is 2.65. The van der Waals surface area contributed by atoms with Crippen molar-refractivity contribution in [2.75, 3.05) is 11.9 Å². The average molecular weight is 419 g/mol. The van der Waals surface area contributed by atoms with E-state index in [1.807, 2.05) is 0 Å². The molecule has 0 aliphatic heterocycles. The van der Waals surface area contributed by atoms with Gasteiger partial charge in [-0.25, -0.2) is 28.1 Å². The Balaban J connectivity index is 0.00000300. The van der Waals surface area contributed by atoms with Gasteiger partial charge in [-0.3, -0.25) is 4.79 Å². The number of hydrogen-bond acceptors (Lipinski definition) is 5. The van der Waals surface area contributed by atoms with Crippen LogP contribution in [-0.2, 0) is 4.79 Å². The number of pyridine rings is 1. The van der Waals surface area contributed by atoms with Crippen LogP contribution in [0.1, 0.15) is 18.1 Å². The predicted octanol–water partition coefficient (Wildman–Crippen LogP) is 4.12. The molecule has 3 rings (SSSR count). The standard InChI is InChI=1S/C17H16ClF3N6O.3H2/c1-17(2,16(28)25-7-12(20)21)27-15-11(19)6-24-14(26-15)10-5-23-13-9(10)3-8(18)4-22-13;;;/h3-6,12H,7H2,1-2H3,(H,22,23)(H,25,28)(H,24,26,27);3*1H. The Bertz CT molecular complexity index is 1040. The van der Waals surface area contributed by atoms with Gasteiger partial charge in [-0.2, -0.15) is 0 Å². The Hall–Kier alpha value is -2.88. The molecule has 154 valence electrons. The van der Waals surface area contributed by atoms with E-state index in [1.54, 1.807) is 12.3 Å². The molecule has 3 heterocycles. The number of H-pyrrole nitrogens is 1. The second kappa shape index (κ2) is 7.63. The first-order chi connectivity index (χ1) is 13.2. The summed E-state index contributed by atoms with van der Waals surface area (Å²) in [6, 6.07) is 1.66. The van der Waals surface area contributed by atoms with Crippen LogP contribution in [0.5, 0.6) is 0 Å². The lowest BCUT2D eigenvalue weighted by molar-refractivity contribution is -0.125. The monoisotopic (exact) mass is 418 g/mol. The molecule has 7 nitrogen and oxygen atoms in total. The summed E-state index contributed by atoms with van der Waals surface area (Å²) in [6.45, 7) is 2.04. The molecule has 0 fully saturated rings. The van der Waals surface area contributed by atoms with Gasteiger partial charge in [0.15, 0.2) is 17.5 Å². The lowest BCUT2D eigenvalue weighted by atomic mass is 10.0. The van der Waals surface area contributed by atoms with Gasteiger partial charge in [-0.15, -0.1) is 0 Å². The molecule has 28 heavy (non-hydrogen) atoms. The molecule has 3 aromatic heterocycles. The number of fused-ring (bicyclic) bond motifs is 1. The highest BCUT2D eigenvalue weighted by Crippen LogP contribution is 2.28. The van der Waals surface area contributed by atoms with E-state index >= 15 is 0 Å². The molecule has 0 unspecified atom stereocenters. The summed E-state index contributed by atoms with van der Waals surface area (Å²) in [6.07, 6.45) is 1.34. The van der Waals surface area contributed by atoms with Gasteiger partial charge in [0.05, 0.1) is 17.8 Å². The van der Waals surface area contributed by atoms with Gasteiger partial charge >= 0.3 is 0 Å². The van der Waals surface area contributed by atoms with Crippen LogP contribution in [-0.4, -0.2) is 44.4 Å². The van der Waals surface area contributed by atoms with Crippen LogP contribution >= 0.6 is 11.6 Å². The largest absolute Gasteiger partial charge is 0.354 e. The number of nitrogens with one attached hydrogen (secondary N) is 3. The number of halogens is 4. The highest BCUT2D eigenvalue weighted by Gasteiger charge is 2.29. The second-order valence-corrected chi connectivity index (χ2v) is 6.93. The summed E-state index contributed by atoms with van der Waals surface area (Å²) in [4.78, 5) is 27.3. The van der Waals surface area contributed by atoms with E-state index in [-0.39, 0.29) is 15.9 Å². The lowest BCUT2D eigenvalue weighted by Crippen LogP contribution is -2.49. The molecule has 0 radical (unpaired) electrons. The van der Waals surface area contributed by atoms with Crippen LogP contribution < -0.4 is 10.6 Å². The number of hydrogen-bond donors (Lipinski definition) is 3. The van der Waals surface area contributed by atoms with Crippen LogP contribution in [0, 0.1) is 5.82 Å². The van der Waals surface area contributed by atoms with Crippen LogP contribution in [0.25, 0.3) is 22.4 Å². The molecule has 0 atom stereocenters. The summed E-state index contributed by atoms with van der Waals surface area (Å²) in [7, 11) is 0. The molecular weight excluding hydrogens is 397 g/mol. The third-order valence-corrected chi connectivity index (χ3v) is 4.10. The smallest absolute Gasteiger partial charge is 0.255 e. The van der Waals surface area contributed by atoms with Crippen molar-refractivity contribution in [3.8, 4) is 11.4 Å². The predicted molar refractivity (Wildman–Crippen MR) is 105 cm³/mol. The van der Waals surface area contributed by atoms with E-state index in [1.165, 1.54) is 20.0 Å². The van der Waals surface area contributed by atoms with Crippen molar-refractivity contribution < 1.29 is 22.2 Å². The quantitative estimate of drug-likeness (QED) is 0.559. The number of nitrogens with zero attached hydrogens (tertiary/aromatic N) is 3. The first-order valence-corrected chi connectivity index (χ1v) is 8.55. The number of amides is 1. The maximum atomic E-state index is 14.2. The second-order valence-electron chi connectivity index (χ2n) is 6.49. The lowest BCUT2D eigenvalue weighted by Gasteiger charge is -2.26. The Labute approximate surface area is 167 Å². The first kappa shape index (κ1) is 19.9. The van der Waals surface area contributed by atoms with Gasteiger partial charge < -0.3 is 15.6 Å². The van der Waals surface area contributed by atoms with Crippen LogP contribution in [0.4, 0.5) is 19.0 Å². The van der Waals surface area contributed by atoms with Gasteiger partial charge in [0.25, 0.3) is 6.43 Å². The topological polar surface area (TPSA) is 95.6 Å². The van der Waals surface area contributed by atoms with Crippen LogP contribution in [0.2, 0.25) is 5.02 Å². The number of aromatic amines is 1.